The summed E-state index contributed by atoms with van der Waals surface area (Å²) in [5.41, 5.74) is 4.31. The summed E-state index contributed by atoms with van der Waals surface area (Å²) < 4.78 is 0.954. The topological polar surface area (TPSA) is 83.4 Å². The van der Waals surface area contributed by atoms with Gasteiger partial charge >= 0.3 is 0 Å². The van der Waals surface area contributed by atoms with Crippen LogP contribution in [0.1, 0.15) is 43.1 Å². The van der Waals surface area contributed by atoms with E-state index in [-0.39, 0.29) is 11.4 Å². The fourth-order valence-corrected chi connectivity index (χ4v) is 6.35. The average molecular weight is 476 g/mol. The molecule has 6 nitrogen and oxygen atoms in total. The van der Waals surface area contributed by atoms with Crippen molar-refractivity contribution in [3.63, 3.8) is 0 Å². The Morgan fingerprint density at radius 3 is 2.42 bits per heavy atom. The van der Waals surface area contributed by atoms with Crippen LogP contribution in [0.4, 0.5) is 5.13 Å². The van der Waals surface area contributed by atoms with Gasteiger partial charge in [-0.2, -0.15) is 0 Å². The average Bonchev–Trinajstić information content (AvgIpc) is 3.42. The van der Waals surface area contributed by atoms with E-state index >= 15 is 0 Å². The van der Waals surface area contributed by atoms with Gasteiger partial charge in [-0.25, -0.2) is 9.97 Å². The molecule has 1 atom stereocenters. The molecule has 1 amide bonds. The Labute approximate surface area is 198 Å². The van der Waals surface area contributed by atoms with Crippen LogP contribution in [0.25, 0.3) is 10.2 Å². The highest BCUT2D eigenvalue weighted by Crippen LogP contribution is 2.45. The molecule has 5 rings (SSSR count). The molecule has 1 aliphatic rings. The molecule has 4 aromatic rings. The Morgan fingerprint density at radius 1 is 1.03 bits per heavy atom. The number of nitrogens with zero attached hydrogens (tertiary/aromatic N) is 3. The van der Waals surface area contributed by atoms with Gasteiger partial charge in [-0.3, -0.25) is 14.5 Å². The molecule has 33 heavy (non-hydrogen) atoms. The summed E-state index contributed by atoms with van der Waals surface area (Å²) in [5.74, 6) is -1.54. The SMILES string of the molecule is Cc1cc(C)c2nc(N3C(=O)C(O)=C(C(=O)c4sc(C)nc4C)C3c3ccccc3)sc2c1. The first-order chi connectivity index (χ1) is 15.8. The van der Waals surface area contributed by atoms with Gasteiger partial charge in [-0.1, -0.05) is 47.7 Å². The van der Waals surface area contributed by atoms with Gasteiger partial charge in [-0.05, 0) is 50.5 Å². The number of rotatable bonds is 4. The van der Waals surface area contributed by atoms with Crippen LogP contribution in [-0.2, 0) is 4.79 Å². The molecule has 0 saturated heterocycles. The molecule has 0 bridgehead atoms. The van der Waals surface area contributed by atoms with E-state index in [1.165, 1.54) is 27.6 Å². The molecule has 0 fully saturated rings. The zero-order chi connectivity index (χ0) is 23.4. The van der Waals surface area contributed by atoms with E-state index in [0.29, 0.717) is 15.7 Å². The lowest BCUT2D eigenvalue weighted by Crippen LogP contribution is -2.30. The zero-order valence-corrected chi connectivity index (χ0v) is 20.2. The van der Waals surface area contributed by atoms with Crippen LogP contribution in [0, 0.1) is 27.7 Å². The number of aliphatic hydroxyl groups is 1. The number of aromatic nitrogens is 2. The molecule has 0 aliphatic carbocycles. The number of Topliss-reactive ketones (excluding diaryl/α,β-unsaturated/α-hetero) is 1. The number of thiazole rings is 2. The Balaban J connectivity index is 1.70. The molecule has 1 N–H and O–H groups in total. The maximum absolute atomic E-state index is 13.6. The van der Waals surface area contributed by atoms with E-state index in [1.807, 2.05) is 63.2 Å². The van der Waals surface area contributed by atoms with Crippen LogP contribution < -0.4 is 4.90 Å². The predicted octanol–water partition coefficient (Wildman–Crippen LogP) is 5.77. The molecule has 3 heterocycles. The second kappa shape index (κ2) is 7.90. The number of ketones is 1. The van der Waals surface area contributed by atoms with Gasteiger partial charge in [0.1, 0.15) is 0 Å². The first-order valence-corrected chi connectivity index (χ1v) is 12.1. The number of carbonyl (C=O) groups is 2. The molecule has 1 unspecified atom stereocenters. The number of anilines is 1. The van der Waals surface area contributed by atoms with Crippen molar-refractivity contribution in [3.05, 3.63) is 86.1 Å². The van der Waals surface area contributed by atoms with Crippen LogP contribution in [0.15, 0.2) is 53.8 Å². The van der Waals surface area contributed by atoms with Crippen molar-refractivity contribution in [1.82, 2.24) is 9.97 Å². The van der Waals surface area contributed by atoms with Crippen molar-refractivity contribution in [2.45, 2.75) is 33.7 Å². The van der Waals surface area contributed by atoms with Crippen LogP contribution in [0.5, 0.6) is 0 Å². The number of aliphatic hydroxyl groups excluding tert-OH is 1. The van der Waals surface area contributed by atoms with E-state index in [2.05, 4.69) is 4.98 Å². The monoisotopic (exact) mass is 475 g/mol. The fourth-order valence-electron chi connectivity index (χ4n) is 4.31. The van der Waals surface area contributed by atoms with Gasteiger partial charge in [0.25, 0.3) is 5.91 Å². The van der Waals surface area contributed by atoms with E-state index in [0.717, 1.165) is 31.9 Å². The summed E-state index contributed by atoms with van der Waals surface area (Å²) >= 11 is 2.64. The highest BCUT2D eigenvalue weighted by Gasteiger charge is 2.46. The molecule has 8 heteroatoms. The Morgan fingerprint density at radius 2 is 1.76 bits per heavy atom. The highest BCUT2D eigenvalue weighted by atomic mass is 32.1. The Hall–Kier alpha value is -3.36. The standard InChI is InChI=1S/C25H21N3O3S2/c1-12-10-13(2)19-17(11-12)33-25(27-19)28-20(16-8-6-5-7-9-16)18(22(30)24(28)31)21(29)23-14(3)26-15(4)32-23/h5-11,20,30H,1-4H3. The first-order valence-electron chi connectivity index (χ1n) is 10.4. The summed E-state index contributed by atoms with van der Waals surface area (Å²) in [6.45, 7) is 7.59. The van der Waals surface area contributed by atoms with Gasteiger partial charge < -0.3 is 5.11 Å². The van der Waals surface area contributed by atoms with Crippen LogP contribution in [0.2, 0.25) is 0 Å². The number of benzene rings is 2. The molecule has 0 spiro atoms. The quantitative estimate of drug-likeness (QED) is 0.379. The molecule has 0 radical (unpaired) electrons. The fraction of sp³-hybridized carbons (Fsp3) is 0.200. The maximum Gasteiger partial charge on any atom is 0.296 e. The van der Waals surface area contributed by atoms with Crippen LogP contribution in [-0.4, -0.2) is 26.8 Å². The zero-order valence-electron chi connectivity index (χ0n) is 18.5. The Bertz CT molecular complexity index is 1470. The number of amides is 1. The van der Waals surface area contributed by atoms with Gasteiger partial charge in [0, 0.05) is 0 Å². The largest absolute Gasteiger partial charge is 0.503 e. The van der Waals surface area contributed by atoms with Gasteiger partial charge in [0.15, 0.2) is 10.9 Å². The van der Waals surface area contributed by atoms with Crippen molar-refractivity contribution >= 4 is 49.7 Å². The van der Waals surface area contributed by atoms with Gasteiger partial charge in [0.2, 0.25) is 5.78 Å². The summed E-state index contributed by atoms with van der Waals surface area (Å²) in [4.78, 5) is 38.0. The molecule has 0 saturated carbocycles. The smallest absolute Gasteiger partial charge is 0.296 e. The number of aryl methyl sites for hydroxylation is 4. The molecule has 2 aromatic carbocycles. The summed E-state index contributed by atoms with van der Waals surface area (Å²) in [6, 6.07) is 12.6. The van der Waals surface area contributed by atoms with Crippen molar-refractivity contribution in [2.75, 3.05) is 4.90 Å². The number of hydrogen-bond acceptors (Lipinski definition) is 7. The van der Waals surface area contributed by atoms with E-state index in [9.17, 15) is 14.7 Å². The lowest BCUT2D eigenvalue weighted by Gasteiger charge is -2.24. The molecular formula is C25H21N3O3S2. The second-order valence-corrected chi connectivity index (χ2v) is 10.4. The predicted molar refractivity (Wildman–Crippen MR) is 131 cm³/mol. The molecule has 1 aliphatic heterocycles. The molecule has 2 aromatic heterocycles. The maximum atomic E-state index is 13.6. The third kappa shape index (κ3) is 3.46. The van der Waals surface area contributed by atoms with E-state index in [1.54, 1.807) is 6.92 Å². The normalized spacial score (nSPS) is 16.3. The lowest BCUT2D eigenvalue weighted by molar-refractivity contribution is -0.117. The summed E-state index contributed by atoms with van der Waals surface area (Å²) in [5, 5.41) is 12.2. The molecular weight excluding hydrogens is 454 g/mol. The third-order valence-electron chi connectivity index (χ3n) is 5.70. The number of fused-ring (bicyclic) bond motifs is 1. The number of hydrogen-bond donors (Lipinski definition) is 1. The third-order valence-corrected chi connectivity index (χ3v) is 7.78. The minimum absolute atomic E-state index is 0.0603. The van der Waals surface area contributed by atoms with Crippen molar-refractivity contribution < 1.29 is 14.7 Å². The van der Waals surface area contributed by atoms with Gasteiger partial charge in [-0.15, -0.1) is 11.3 Å². The first kappa shape index (κ1) is 21.5. The molecule has 166 valence electrons. The van der Waals surface area contributed by atoms with Crippen molar-refractivity contribution in [1.29, 1.82) is 0 Å². The second-order valence-electron chi connectivity index (χ2n) is 8.15. The summed E-state index contributed by atoms with van der Waals surface area (Å²) in [7, 11) is 0. The highest BCUT2D eigenvalue weighted by molar-refractivity contribution is 7.22. The van der Waals surface area contributed by atoms with Crippen molar-refractivity contribution in [2.24, 2.45) is 0 Å². The van der Waals surface area contributed by atoms with E-state index < -0.39 is 17.7 Å². The minimum Gasteiger partial charge on any atom is -0.503 e. The van der Waals surface area contributed by atoms with Crippen molar-refractivity contribution in [3.8, 4) is 0 Å². The lowest BCUT2D eigenvalue weighted by atomic mass is 9.95. The summed E-state index contributed by atoms with van der Waals surface area (Å²) in [6.07, 6.45) is 0. The van der Waals surface area contributed by atoms with Crippen LogP contribution in [0.3, 0.4) is 0 Å². The number of carbonyl (C=O) groups excluding carboxylic acids is 2. The Kier molecular flexibility index (Phi) is 5.14. The van der Waals surface area contributed by atoms with Crippen LogP contribution >= 0.6 is 22.7 Å². The minimum atomic E-state index is -0.782. The van der Waals surface area contributed by atoms with E-state index in [4.69, 9.17) is 4.98 Å². The van der Waals surface area contributed by atoms with Gasteiger partial charge in [0.05, 0.1) is 37.4 Å².